The van der Waals surface area contributed by atoms with Crippen LogP contribution in [-0.2, 0) is 18.4 Å². The summed E-state index contributed by atoms with van der Waals surface area (Å²) in [6, 6.07) is 10.2. The van der Waals surface area contributed by atoms with Gasteiger partial charge in [0.15, 0.2) is 5.65 Å². The Labute approximate surface area is 168 Å². The number of rotatable bonds is 5. The van der Waals surface area contributed by atoms with Crippen LogP contribution in [0.15, 0.2) is 53.7 Å². The molecule has 1 aliphatic rings. The number of nitrogens with zero attached hydrogens (tertiary/aromatic N) is 6. The van der Waals surface area contributed by atoms with Crippen molar-refractivity contribution >= 4 is 23.0 Å². The number of aromatic nitrogens is 4. The van der Waals surface area contributed by atoms with Gasteiger partial charge in [-0.15, -0.1) is 0 Å². The Balaban J connectivity index is 1.31. The van der Waals surface area contributed by atoms with Gasteiger partial charge in [-0.2, -0.15) is 5.10 Å². The number of piperazine rings is 1. The van der Waals surface area contributed by atoms with E-state index < -0.39 is 0 Å². The molecule has 150 valence electrons. The molecule has 0 saturated carbocycles. The molecule has 1 amide bonds. The topological polar surface area (TPSA) is 76.3 Å². The van der Waals surface area contributed by atoms with E-state index in [-0.39, 0.29) is 18.0 Å². The fourth-order valence-corrected chi connectivity index (χ4v) is 3.51. The van der Waals surface area contributed by atoms with Gasteiger partial charge in [0, 0.05) is 39.8 Å². The Hall–Kier alpha value is -3.26. The Morgan fingerprint density at radius 1 is 1.14 bits per heavy atom. The number of fused-ring (bicyclic) bond motifs is 1. The summed E-state index contributed by atoms with van der Waals surface area (Å²) in [6.45, 7) is 3.83. The molecule has 1 fully saturated rings. The van der Waals surface area contributed by atoms with Gasteiger partial charge in [0.05, 0.1) is 6.20 Å². The Kier molecular flexibility index (Phi) is 5.53. The van der Waals surface area contributed by atoms with Crippen LogP contribution in [0.2, 0.25) is 0 Å². The minimum atomic E-state index is -0.235. The summed E-state index contributed by atoms with van der Waals surface area (Å²) in [4.78, 5) is 33.6. The van der Waals surface area contributed by atoms with Gasteiger partial charge in [-0.05, 0) is 5.56 Å². The number of carbonyl (C=O) groups is 1. The molecule has 3 heterocycles. The van der Waals surface area contributed by atoms with Crippen LogP contribution in [0.3, 0.4) is 0 Å². The molecule has 0 aliphatic carbocycles. The van der Waals surface area contributed by atoms with Gasteiger partial charge < -0.3 is 4.90 Å². The molecule has 0 bridgehead atoms. The molecule has 1 aliphatic heterocycles. The highest BCUT2D eigenvalue weighted by Gasteiger charge is 2.21. The maximum Gasteiger partial charge on any atom is 0.264 e. The normalized spacial score (nSPS) is 15.4. The third-order valence-corrected chi connectivity index (χ3v) is 5.22. The monoisotopic (exact) mass is 392 g/mol. The van der Waals surface area contributed by atoms with Crippen molar-refractivity contribution in [1.82, 2.24) is 29.1 Å². The van der Waals surface area contributed by atoms with Crippen molar-refractivity contribution in [2.24, 2.45) is 7.05 Å². The molecule has 1 aromatic carbocycles. The van der Waals surface area contributed by atoms with Gasteiger partial charge in [0.2, 0.25) is 5.91 Å². The van der Waals surface area contributed by atoms with Crippen LogP contribution in [0.5, 0.6) is 0 Å². The van der Waals surface area contributed by atoms with Gasteiger partial charge in [0.1, 0.15) is 18.3 Å². The fraction of sp³-hybridized carbons (Fsp3) is 0.333. The van der Waals surface area contributed by atoms with Gasteiger partial charge in [-0.1, -0.05) is 42.5 Å². The Morgan fingerprint density at radius 3 is 2.66 bits per heavy atom. The first-order valence-electron chi connectivity index (χ1n) is 9.71. The summed E-state index contributed by atoms with van der Waals surface area (Å²) >= 11 is 0. The molecule has 2 aromatic heterocycles. The number of hydrogen-bond acceptors (Lipinski definition) is 5. The fourth-order valence-electron chi connectivity index (χ4n) is 3.51. The zero-order chi connectivity index (χ0) is 20.2. The molecular weight excluding hydrogens is 368 g/mol. The molecule has 8 heteroatoms. The lowest BCUT2D eigenvalue weighted by molar-refractivity contribution is -0.133. The van der Waals surface area contributed by atoms with Gasteiger partial charge in [0.25, 0.3) is 5.56 Å². The molecule has 0 spiro atoms. The van der Waals surface area contributed by atoms with Crippen LogP contribution in [0.4, 0.5) is 0 Å². The molecule has 29 heavy (non-hydrogen) atoms. The molecular formula is C21H24N6O2. The second-order valence-electron chi connectivity index (χ2n) is 7.18. The minimum Gasteiger partial charge on any atom is -0.339 e. The molecule has 0 radical (unpaired) electrons. The predicted octanol–water partition coefficient (Wildman–Crippen LogP) is 0.988. The number of carbonyl (C=O) groups excluding carboxylic acids is 1. The molecule has 0 N–H and O–H groups in total. The van der Waals surface area contributed by atoms with E-state index in [1.165, 1.54) is 22.7 Å². The predicted molar refractivity (Wildman–Crippen MR) is 111 cm³/mol. The van der Waals surface area contributed by atoms with Crippen LogP contribution < -0.4 is 5.56 Å². The summed E-state index contributed by atoms with van der Waals surface area (Å²) < 4.78 is 2.91. The zero-order valence-electron chi connectivity index (χ0n) is 16.4. The lowest BCUT2D eigenvalue weighted by Gasteiger charge is -2.34. The second kappa shape index (κ2) is 8.40. The van der Waals surface area contributed by atoms with Crippen LogP contribution in [-0.4, -0.2) is 67.8 Å². The van der Waals surface area contributed by atoms with Crippen molar-refractivity contribution in [2.75, 3.05) is 32.7 Å². The van der Waals surface area contributed by atoms with Gasteiger partial charge in [-0.3, -0.25) is 23.7 Å². The number of aryl methyl sites for hydroxylation is 1. The highest BCUT2D eigenvalue weighted by Crippen LogP contribution is 2.07. The van der Waals surface area contributed by atoms with E-state index in [1.807, 2.05) is 23.1 Å². The highest BCUT2D eigenvalue weighted by atomic mass is 16.2. The summed E-state index contributed by atoms with van der Waals surface area (Å²) in [7, 11) is 1.73. The summed E-state index contributed by atoms with van der Waals surface area (Å²) in [5.74, 6) is -0.0587. The Bertz CT molecular complexity index is 1080. The standard InChI is InChI=1S/C21H24N6O2/c1-24-20-18(14-23-24)21(29)27(16-22-20)15-19(28)26-12-10-25(11-13-26)9-5-8-17-6-3-2-4-7-17/h2-8,14,16H,9-13,15H2,1H3/b8-5+. The van der Waals surface area contributed by atoms with Crippen molar-refractivity contribution in [3.8, 4) is 0 Å². The molecule has 8 nitrogen and oxygen atoms in total. The minimum absolute atomic E-state index is 0.00454. The maximum absolute atomic E-state index is 12.7. The van der Waals surface area contributed by atoms with E-state index in [0.29, 0.717) is 24.1 Å². The van der Waals surface area contributed by atoms with E-state index in [0.717, 1.165) is 19.6 Å². The quantitative estimate of drug-likeness (QED) is 0.647. The smallest absolute Gasteiger partial charge is 0.264 e. The molecule has 0 atom stereocenters. The lowest BCUT2D eigenvalue weighted by atomic mass is 10.2. The third-order valence-electron chi connectivity index (χ3n) is 5.22. The van der Waals surface area contributed by atoms with Crippen molar-refractivity contribution in [3.05, 3.63) is 64.8 Å². The number of benzene rings is 1. The van der Waals surface area contributed by atoms with Crippen LogP contribution in [0, 0.1) is 0 Å². The van der Waals surface area contributed by atoms with E-state index in [2.05, 4.69) is 39.3 Å². The van der Waals surface area contributed by atoms with E-state index in [4.69, 9.17) is 0 Å². The average Bonchev–Trinajstić information content (AvgIpc) is 3.13. The highest BCUT2D eigenvalue weighted by molar-refractivity contribution is 5.77. The zero-order valence-corrected chi connectivity index (χ0v) is 16.4. The summed E-state index contributed by atoms with van der Waals surface area (Å²) in [5.41, 5.74) is 1.47. The van der Waals surface area contributed by atoms with Gasteiger partial charge in [-0.25, -0.2) is 4.98 Å². The lowest BCUT2D eigenvalue weighted by Crippen LogP contribution is -2.49. The molecule has 0 unspecified atom stereocenters. The van der Waals surface area contributed by atoms with E-state index in [9.17, 15) is 9.59 Å². The largest absolute Gasteiger partial charge is 0.339 e. The first-order chi connectivity index (χ1) is 14.1. The second-order valence-corrected chi connectivity index (χ2v) is 7.18. The Morgan fingerprint density at radius 2 is 1.90 bits per heavy atom. The third kappa shape index (κ3) is 4.27. The van der Waals surface area contributed by atoms with Crippen LogP contribution in [0.25, 0.3) is 17.1 Å². The van der Waals surface area contributed by atoms with Crippen molar-refractivity contribution in [1.29, 1.82) is 0 Å². The van der Waals surface area contributed by atoms with Crippen LogP contribution >= 0.6 is 0 Å². The first kappa shape index (κ1) is 19.1. The van der Waals surface area contributed by atoms with Crippen molar-refractivity contribution < 1.29 is 4.79 Å². The summed E-state index contributed by atoms with van der Waals surface area (Å²) in [5, 5.41) is 4.48. The number of hydrogen-bond donors (Lipinski definition) is 0. The van der Waals surface area contributed by atoms with E-state index >= 15 is 0 Å². The van der Waals surface area contributed by atoms with Crippen LogP contribution in [0.1, 0.15) is 5.56 Å². The SMILES string of the molecule is Cn1ncc2c(=O)n(CC(=O)N3CCN(C/C=C/c4ccccc4)CC3)cnc21. The average molecular weight is 392 g/mol. The summed E-state index contributed by atoms with van der Waals surface area (Å²) in [6.07, 6.45) is 7.19. The van der Waals surface area contributed by atoms with Gasteiger partial charge >= 0.3 is 0 Å². The maximum atomic E-state index is 12.7. The molecule has 4 rings (SSSR count). The van der Waals surface area contributed by atoms with Crippen molar-refractivity contribution in [3.63, 3.8) is 0 Å². The molecule has 3 aromatic rings. The molecule has 1 saturated heterocycles. The first-order valence-corrected chi connectivity index (χ1v) is 9.71. The van der Waals surface area contributed by atoms with Crippen molar-refractivity contribution in [2.45, 2.75) is 6.54 Å². The van der Waals surface area contributed by atoms with E-state index in [1.54, 1.807) is 11.7 Å². The number of amides is 1.